The number of Topliss-reactive ketones (excluding diaryl/α,β-unsaturated/α-hetero) is 1. The van der Waals surface area contributed by atoms with E-state index in [1.54, 1.807) is 16.3 Å². The Morgan fingerprint density at radius 3 is 2.76 bits per heavy atom. The number of anilines is 1. The zero-order valence-electron chi connectivity index (χ0n) is 15.9. The van der Waals surface area contributed by atoms with Gasteiger partial charge in [0.2, 0.25) is 0 Å². The summed E-state index contributed by atoms with van der Waals surface area (Å²) in [4.78, 5) is 26.7. The zero-order chi connectivity index (χ0) is 20.1. The van der Waals surface area contributed by atoms with Crippen LogP contribution in [-0.4, -0.2) is 17.4 Å². The number of nitriles is 1. The lowest BCUT2D eigenvalue weighted by Crippen LogP contribution is -2.44. The van der Waals surface area contributed by atoms with Gasteiger partial charge in [-0.15, -0.1) is 11.3 Å². The van der Waals surface area contributed by atoms with Crippen molar-refractivity contribution in [2.45, 2.75) is 38.5 Å². The van der Waals surface area contributed by atoms with Crippen LogP contribution in [0.3, 0.4) is 0 Å². The largest absolute Gasteiger partial charge is 0.305 e. The standard InChI is InChI=1S/C22H18N4O2S/c1-12(27)19-17(13-7-3-2-4-8-13)15(11-23)20-24-21(28)18-14-9-5-6-10-16(14)29-22(18)26(20)25-19/h2-4,7-8,17H,5-6,9-10H2,1H3,(H,24,28). The molecule has 144 valence electrons. The van der Waals surface area contributed by atoms with E-state index < -0.39 is 5.92 Å². The second kappa shape index (κ2) is 6.68. The summed E-state index contributed by atoms with van der Waals surface area (Å²) in [5.41, 5.74) is 3.19. The minimum absolute atomic E-state index is 0.188. The van der Waals surface area contributed by atoms with Gasteiger partial charge in [0.1, 0.15) is 10.7 Å². The molecule has 0 fully saturated rings. The summed E-state index contributed by atoms with van der Waals surface area (Å²) >= 11 is 1.55. The van der Waals surface area contributed by atoms with Gasteiger partial charge in [-0.25, -0.2) is 5.01 Å². The van der Waals surface area contributed by atoms with E-state index in [-0.39, 0.29) is 11.7 Å². The molecule has 1 N–H and O–H groups in total. The maximum Gasteiger partial charge on any atom is 0.260 e. The number of hydrogen-bond acceptors (Lipinski definition) is 6. The number of rotatable bonds is 2. The second-order valence-corrected chi connectivity index (χ2v) is 8.50. The molecule has 5 rings (SSSR count). The highest BCUT2D eigenvalue weighted by Crippen LogP contribution is 2.46. The van der Waals surface area contributed by atoms with Crippen molar-refractivity contribution < 1.29 is 9.59 Å². The molecular weight excluding hydrogens is 384 g/mol. The maximum atomic E-state index is 13.0. The predicted octanol–water partition coefficient (Wildman–Crippen LogP) is 3.65. The van der Waals surface area contributed by atoms with Crippen LogP contribution in [0.15, 0.2) is 46.8 Å². The van der Waals surface area contributed by atoms with Gasteiger partial charge in [-0.2, -0.15) is 10.4 Å². The average molecular weight is 402 g/mol. The van der Waals surface area contributed by atoms with Crippen LogP contribution in [0.2, 0.25) is 0 Å². The van der Waals surface area contributed by atoms with Gasteiger partial charge in [0.05, 0.1) is 23.1 Å². The number of hydrogen-bond donors (Lipinski definition) is 1. The van der Waals surface area contributed by atoms with Crippen LogP contribution in [0.25, 0.3) is 0 Å². The molecule has 0 bridgehead atoms. The van der Waals surface area contributed by atoms with E-state index in [1.807, 2.05) is 30.3 Å². The highest BCUT2D eigenvalue weighted by atomic mass is 32.1. The van der Waals surface area contributed by atoms with Gasteiger partial charge >= 0.3 is 0 Å². The van der Waals surface area contributed by atoms with Gasteiger partial charge in [0, 0.05) is 11.8 Å². The maximum absolute atomic E-state index is 13.0. The summed E-state index contributed by atoms with van der Waals surface area (Å²) < 4.78 is 0. The highest BCUT2D eigenvalue weighted by Gasteiger charge is 2.42. The Hall–Kier alpha value is -3.24. The van der Waals surface area contributed by atoms with Gasteiger partial charge < -0.3 is 5.32 Å². The fraction of sp³-hybridized carbons (Fsp3) is 0.273. The molecular formula is C22H18N4O2S. The van der Waals surface area contributed by atoms with E-state index in [0.29, 0.717) is 27.7 Å². The lowest BCUT2D eigenvalue weighted by atomic mass is 9.84. The first-order chi connectivity index (χ1) is 14.1. The highest BCUT2D eigenvalue weighted by molar-refractivity contribution is 7.16. The Kier molecular flexibility index (Phi) is 4.10. The summed E-state index contributed by atoms with van der Waals surface area (Å²) in [6.45, 7) is 1.47. The van der Waals surface area contributed by atoms with Crippen molar-refractivity contribution in [1.29, 1.82) is 5.26 Å². The Labute approximate surface area is 172 Å². The van der Waals surface area contributed by atoms with Crippen molar-refractivity contribution in [2.24, 2.45) is 5.10 Å². The quantitative estimate of drug-likeness (QED) is 0.831. The van der Waals surface area contributed by atoms with Crippen molar-refractivity contribution in [3.05, 3.63) is 63.3 Å². The van der Waals surface area contributed by atoms with Gasteiger partial charge in [-0.3, -0.25) is 9.59 Å². The smallest absolute Gasteiger partial charge is 0.260 e. The topological polar surface area (TPSA) is 85.6 Å². The van der Waals surface area contributed by atoms with Crippen molar-refractivity contribution in [2.75, 3.05) is 5.01 Å². The Bertz CT molecular complexity index is 1150. The Morgan fingerprint density at radius 1 is 1.28 bits per heavy atom. The van der Waals surface area contributed by atoms with Crippen LogP contribution < -0.4 is 10.3 Å². The van der Waals surface area contributed by atoms with Crippen LogP contribution >= 0.6 is 11.3 Å². The first kappa shape index (κ1) is 17.8. The van der Waals surface area contributed by atoms with Crippen molar-refractivity contribution >= 4 is 33.7 Å². The summed E-state index contributed by atoms with van der Waals surface area (Å²) in [6.07, 6.45) is 4.00. The number of ketones is 1. The van der Waals surface area contributed by atoms with Crippen molar-refractivity contribution in [3.63, 3.8) is 0 Å². The fourth-order valence-electron chi connectivity index (χ4n) is 4.34. The number of nitrogens with zero attached hydrogens (tertiary/aromatic N) is 3. The summed E-state index contributed by atoms with van der Waals surface area (Å²) in [5.74, 6) is -0.610. The van der Waals surface area contributed by atoms with Crippen LogP contribution in [0.5, 0.6) is 0 Å². The average Bonchev–Trinajstić information content (AvgIpc) is 3.13. The Balaban J connectivity index is 1.74. The minimum Gasteiger partial charge on any atom is -0.305 e. The first-order valence-electron chi connectivity index (χ1n) is 9.64. The normalized spacial score (nSPS) is 20.1. The number of thiophene rings is 1. The molecule has 1 aliphatic carbocycles. The van der Waals surface area contributed by atoms with Crippen LogP contribution in [-0.2, 0) is 17.6 Å². The number of amides is 1. The van der Waals surface area contributed by atoms with Gasteiger partial charge in [0.25, 0.3) is 5.91 Å². The van der Waals surface area contributed by atoms with E-state index in [2.05, 4.69) is 16.5 Å². The second-order valence-electron chi connectivity index (χ2n) is 7.42. The molecule has 1 aromatic heterocycles. The summed E-state index contributed by atoms with van der Waals surface area (Å²) in [6, 6.07) is 11.6. The molecule has 3 aliphatic rings. The van der Waals surface area contributed by atoms with Gasteiger partial charge in [0.15, 0.2) is 11.6 Å². The molecule has 1 aromatic carbocycles. The third-order valence-corrected chi connectivity index (χ3v) is 6.92. The molecule has 1 amide bonds. The first-order valence-corrected chi connectivity index (χ1v) is 10.5. The van der Waals surface area contributed by atoms with Crippen LogP contribution in [0, 0.1) is 11.3 Å². The third kappa shape index (κ3) is 2.64. The number of carbonyl (C=O) groups is 2. The molecule has 2 aliphatic heterocycles. The van der Waals surface area contributed by atoms with Crippen molar-refractivity contribution in [3.8, 4) is 6.07 Å². The molecule has 3 heterocycles. The monoisotopic (exact) mass is 402 g/mol. The SMILES string of the molecule is CC(=O)C1=NN2C(=C(C#N)C1c1ccccc1)NC(=O)c1c2sc2c1CCCC2. The van der Waals surface area contributed by atoms with E-state index in [1.165, 1.54) is 11.8 Å². The lowest BCUT2D eigenvalue weighted by Gasteiger charge is -2.34. The third-order valence-electron chi connectivity index (χ3n) is 5.65. The molecule has 0 saturated carbocycles. The fourth-order valence-corrected chi connectivity index (χ4v) is 5.68. The number of fused-ring (bicyclic) bond motifs is 5. The lowest BCUT2D eigenvalue weighted by molar-refractivity contribution is -0.111. The van der Waals surface area contributed by atoms with Gasteiger partial charge in [-0.1, -0.05) is 30.3 Å². The summed E-state index contributed by atoms with van der Waals surface area (Å²) in [5, 5.41) is 19.9. The van der Waals surface area contributed by atoms with E-state index in [0.717, 1.165) is 36.8 Å². The van der Waals surface area contributed by atoms with E-state index in [9.17, 15) is 14.9 Å². The molecule has 1 atom stereocenters. The molecule has 1 unspecified atom stereocenters. The molecule has 6 nitrogen and oxygen atoms in total. The predicted molar refractivity (Wildman–Crippen MR) is 111 cm³/mol. The molecule has 0 spiro atoms. The number of aryl methyl sites for hydroxylation is 1. The number of allylic oxidation sites excluding steroid dienone is 1. The molecule has 0 saturated heterocycles. The minimum atomic E-state index is -0.596. The number of carbonyl (C=O) groups excluding carboxylic acids is 2. The van der Waals surface area contributed by atoms with E-state index in [4.69, 9.17) is 0 Å². The summed E-state index contributed by atoms with van der Waals surface area (Å²) in [7, 11) is 0. The zero-order valence-corrected chi connectivity index (χ0v) is 16.7. The molecule has 29 heavy (non-hydrogen) atoms. The number of hydrazone groups is 1. The Morgan fingerprint density at radius 2 is 2.03 bits per heavy atom. The molecule has 0 radical (unpaired) electrons. The van der Waals surface area contributed by atoms with Gasteiger partial charge in [-0.05, 0) is 36.8 Å². The van der Waals surface area contributed by atoms with Crippen LogP contribution in [0.1, 0.15) is 52.0 Å². The molecule has 2 aromatic rings. The number of nitrogens with one attached hydrogen (secondary N) is 1. The van der Waals surface area contributed by atoms with Crippen molar-refractivity contribution in [1.82, 2.24) is 5.32 Å². The van der Waals surface area contributed by atoms with Crippen LogP contribution in [0.4, 0.5) is 5.00 Å². The number of benzene rings is 1. The van der Waals surface area contributed by atoms with E-state index >= 15 is 0 Å². The molecule has 7 heteroatoms.